The van der Waals surface area contributed by atoms with Gasteiger partial charge in [0.25, 0.3) is 5.91 Å². The standard InChI is InChI=1S/C6H5F3N2OS/c1-2-11-3(5(10)12)4(13-2)6(7,8)9/h1H3,(H2,10,12). The van der Waals surface area contributed by atoms with Crippen molar-refractivity contribution in [3.63, 3.8) is 0 Å². The second-order valence-electron chi connectivity index (χ2n) is 2.27. The molecule has 1 aromatic rings. The molecule has 3 nitrogen and oxygen atoms in total. The van der Waals surface area contributed by atoms with Crippen LogP contribution in [-0.2, 0) is 6.18 Å². The summed E-state index contributed by atoms with van der Waals surface area (Å²) in [5, 5.41) is 0.168. The van der Waals surface area contributed by atoms with E-state index >= 15 is 0 Å². The lowest BCUT2D eigenvalue weighted by molar-refractivity contribution is -0.134. The number of thiazole rings is 1. The summed E-state index contributed by atoms with van der Waals surface area (Å²) >= 11 is 0.413. The van der Waals surface area contributed by atoms with Crippen LogP contribution in [0.4, 0.5) is 13.2 Å². The Morgan fingerprint density at radius 1 is 1.54 bits per heavy atom. The van der Waals surface area contributed by atoms with Crippen LogP contribution in [-0.4, -0.2) is 10.9 Å². The van der Waals surface area contributed by atoms with Gasteiger partial charge < -0.3 is 5.73 Å². The molecule has 0 unspecified atom stereocenters. The molecular weight excluding hydrogens is 205 g/mol. The monoisotopic (exact) mass is 210 g/mol. The molecule has 0 aromatic carbocycles. The van der Waals surface area contributed by atoms with Gasteiger partial charge in [0, 0.05) is 0 Å². The highest BCUT2D eigenvalue weighted by Gasteiger charge is 2.38. The fraction of sp³-hybridized carbons (Fsp3) is 0.333. The van der Waals surface area contributed by atoms with Gasteiger partial charge in [-0.1, -0.05) is 0 Å². The summed E-state index contributed by atoms with van der Waals surface area (Å²) in [6.07, 6.45) is -4.56. The van der Waals surface area contributed by atoms with Crippen LogP contribution >= 0.6 is 11.3 Å². The van der Waals surface area contributed by atoms with E-state index in [0.717, 1.165) is 0 Å². The molecule has 0 atom stereocenters. The fourth-order valence-corrected chi connectivity index (χ4v) is 1.58. The Labute approximate surface area is 75.4 Å². The zero-order chi connectivity index (χ0) is 10.2. The predicted octanol–water partition coefficient (Wildman–Crippen LogP) is 1.57. The molecule has 72 valence electrons. The van der Waals surface area contributed by atoms with Gasteiger partial charge in [0.2, 0.25) is 0 Å². The predicted molar refractivity (Wildman–Crippen MR) is 40.4 cm³/mol. The van der Waals surface area contributed by atoms with Gasteiger partial charge in [-0.05, 0) is 6.92 Å². The van der Waals surface area contributed by atoms with Crippen LogP contribution in [0.25, 0.3) is 0 Å². The quantitative estimate of drug-likeness (QED) is 0.764. The van der Waals surface area contributed by atoms with Gasteiger partial charge >= 0.3 is 6.18 Å². The molecular formula is C6H5F3N2OS. The van der Waals surface area contributed by atoms with Crippen LogP contribution in [0.2, 0.25) is 0 Å². The minimum Gasteiger partial charge on any atom is -0.364 e. The lowest BCUT2D eigenvalue weighted by Crippen LogP contribution is -2.17. The fourth-order valence-electron chi connectivity index (χ4n) is 0.786. The Kier molecular flexibility index (Phi) is 2.29. The van der Waals surface area contributed by atoms with Crippen molar-refractivity contribution in [2.45, 2.75) is 13.1 Å². The van der Waals surface area contributed by atoms with Gasteiger partial charge in [0.15, 0.2) is 5.69 Å². The number of aryl methyl sites for hydroxylation is 1. The van der Waals surface area contributed by atoms with Gasteiger partial charge in [-0.3, -0.25) is 4.79 Å². The van der Waals surface area contributed by atoms with E-state index in [4.69, 9.17) is 5.73 Å². The van der Waals surface area contributed by atoms with E-state index in [1.165, 1.54) is 6.92 Å². The molecule has 1 amide bonds. The molecule has 1 aromatic heterocycles. The number of hydrogen-bond donors (Lipinski definition) is 1. The number of halogens is 3. The molecule has 2 N–H and O–H groups in total. The smallest absolute Gasteiger partial charge is 0.364 e. The molecule has 0 radical (unpaired) electrons. The van der Waals surface area contributed by atoms with Crippen LogP contribution in [0.15, 0.2) is 0 Å². The zero-order valence-electron chi connectivity index (χ0n) is 6.47. The molecule has 1 rings (SSSR count). The summed E-state index contributed by atoms with van der Waals surface area (Å²) in [6, 6.07) is 0. The van der Waals surface area contributed by atoms with Crippen LogP contribution in [0.5, 0.6) is 0 Å². The van der Waals surface area contributed by atoms with E-state index in [2.05, 4.69) is 4.98 Å². The molecule has 7 heteroatoms. The molecule has 0 saturated carbocycles. The van der Waals surface area contributed by atoms with Crippen molar-refractivity contribution >= 4 is 17.2 Å². The average Bonchev–Trinajstić information content (AvgIpc) is 2.29. The minimum absolute atomic E-state index is 0.168. The molecule has 0 spiro atoms. The number of rotatable bonds is 1. The molecule has 0 saturated heterocycles. The molecule has 0 aliphatic rings. The normalized spacial score (nSPS) is 11.7. The first kappa shape index (κ1) is 9.97. The number of primary amides is 1. The van der Waals surface area contributed by atoms with Crippen molar-refractivity contribution in [2.75, 3.05) is 0 Å². The summed E-state index contributed by atoms with van der Waals surface area (Å²) < 4.78 is 36.6. The Morgan fingerprint density at radius 2 is 2.08 bits per heavy atom. The van der Waals surface area contributed by atoms with Crippen LogP contribution in [0, 0.1) is 6.92 Å². The van der Waals surface area contributed by atoms with Gasteiger partial charge in [0.1, 0.15) is 4.88 Å². The highest BCUT2D eigenvalue weighted by molar-refractivity contribution is 7.12. The van der Waals surface area contributed by atoms with E-state index in [0.29, 0.717) is 11.3 Å². The summed E-state index contributed by atoms with van der Waals surface area (Å²) in [4.78, 5) is 12.9. The van der Waals surface area contributed by atoms with Crippen molar-refractivity contribution < 1.29 is 18.0 Å². The lowest BCUT2D eigenvalue weighted by Gasteiger charge is -2.02. The van der Waals surface area contributed by atoms with Crippen molar-refractivity contribution in [2.24, 2.45) is 5.73 Å². The second-order valence-corrected chi connectivity index (χ2v) is 3.48. The first-order chi connectivity index (χ1) is 5.82. The minimum atomic E-state index is -4.56. The van der Waals surface area contributed by atoms with Crippen molar-refractivity contribution in [3.05, 3.63) is 15.6 Å². The van der Waals surface area contributed by atoms with Crippen LogP contribution < -0.4 is 5.73 Å². The molecule has 0 fully saturated rings. The average molecular weight is 210 g/mol. The Morgan fingerprint density at radius 3 is 2.38 bits per heavy atom. The van der Waals surface area contributed by atoms with E-state index in [1.807, 2.05) is 0 Å². The van der Waals surface area contributed by atoms with E-state index < -0.39 is 22.7 Å². The number of alkyl halides is 3. The maximum absolute atomic E-state index is 12.2. The molecule has 13 heavy (non-hydrogen) atoms. The number of nitrogens with zero attached hydrogens (tertiary/aromatic N) is 1. The molecule has 0 bridgehead atoms. The summed E-state index contributed by atoms with van der Waals surface area (Å²) in [5.41, 5.74) is 4.03. The topological polar surface area (TPSA) is 56.0 Å². The highest BCUT2D eigenvalue weighted by Crippen LogP contribution is 2.35. The van der Waals surface area contributed by atoms with Crippen molar-refractivity contribution in [1.29, 1.82) is 0 Å². The maximum Gasteiger partial charge on any atom is 0.427 e. The molecule has 0 aliphatic carbocycles. The van der Waals surface area contributed by atoms with E-state index in [1.54, 1.807) is 0 Å². The molecule has 0 aliphatic heterocycles. The third-order valence-corrected chi connectivity index (χ3v) is 2.24. The van der Waals surface area contributed by atoms with Gasteiger partial charge in [-0.25, -0.2) is 4.98 Å². The maximum atomic E-state index is 12.2. The molecule has 1 heterocycles. The number of nitrogens with two attached hydrogens (primary N) is 1. The van der Waals surface area contributed by atoms with Crippen LogP contribution in [0.1, 0.15) is 20.4 Å². The van der Waals surface area contributed by atoms with E-state index in [9.17, 15) is 18.0 Å². The van der Waals surface area contributed by atoms with Crippen molar-refractivity contribution in [1.82, 2.24) is 4.98 Å². The van der Waals surface area contributed by atoms with Gasteiger partial charge in [0.05, 0.1) is 5.01 Å². The lowest BCUT2D eigenvalue weighted by atomic mass is 10.3. The van der Waals surface area contributed by atoms with Crippen LogP contribution in [0.3, 0.4) is 0 Å². The Bertz CT molecular complexity index is 344. The second kappa shape index (κ2) is 2.99. The summed E-state index contributed by atoms with van der Waals surface area (Å²) in [6.45, 7) is 1.38. The SMILES string of the molecule is Cc1nc(C(N)=O)c(C(F)(F)F)s1. The number of aromatic nitrogens is 1. The van der Waals surface area contributed by atoms with Gasteiger partial charge in [-0.2, -0.15) is 13.2 Å². The van der Waals surface area contributed by atoms with Gasteiger partial charge in [-0.15, -0.1) is 11.3 Å². The number of carbonyl (C=O) groups is 1. The first-order valence-corrected chi connectivity index (χ1v) is 3.98. The third kappa shape index (κ3) is 1.97. The Hall–Kier alpha value is -1.11. The Balaban J connectivity index is 3.28. The first-order valence-electron chi connectivity index (χ1n) is 3.17. The summed E-state index contributed by atoms with van der Waals surface area (Å²) in [5.74, 6) is -1.16. The highest BCUT2D eigenvalue weighted by atomic mass is 32.1. The third-order valence-electron chi connectivity index (χ3n) is 1.22. The van der Waals surface area contributed by atoms with E-state index in [-0.39, 0.29) is 5.01 Å². The number of amides is 1. The number of hydrogen-bond acceptors (Lipinski definition) is 3. The summed E-state index contributed by atoms with van der Waals surface area (Å²) in [7, 11) is 0. The largest absolute Gasteiger partial charge is 0.427 e. The van der Waals surface area contributed by atoms with Crippen molar-refractivity contribution in [3.8, 4) is 0 Å². The zero-order valence-corrected chi connectivity index (χ0v) is 7.29. The number of carbonyl (C=O) groups excluding carboxylic acids is 1.